The zero-order valence-corrected chi connectivity index (χ0v) is 19.7. The summed E-state index contributed by atoms with van der Waals surface area (Å²) in [6.45, 7) is 5.40. The molecule has 3 rings (SSSR count). The van der Waals surface area contributed by atoms with Gasteiger partial charge >= 0.3 is 0 Å². The zero-order chi connectivity index (χ0) is 19.1. The number of likely N-dealkylation sites (tertiary alicyclic amines) is 1. The van der Waals surface area contributed by atoms with E-state index in [2.05, 4.69) is 63.8 Å². The molecule has 6 heteroatoms. The summed E-state index contributed by atoms with van der Waals surface area (Å²) in [7, 11) is 3.86. The minimum atomic E-state index is 0. The van der Waals surface area contributed by atoms with Crippen LogP contribution in [-0.4, -0.2) is 47.3 Å². The summed E-state index contributed by atoms with van der Waals surface area (Å²) < 4.78 is 1.86. The number of aromatic nitrogens is 2. The largest absolute Gasteiger partial charge is 0.356 e. The van der Waals surface area contributed by atoms with Crippen LogP contribution in [0.4, 0.5) is 0 Å². The van der Waals surface area contributed by atoms with Gasteiger partial charge in [0.05, 0.1) is 6.20 Å². The molecule has 154 valence electrons. The molecule has 0 radical (unpaired) electrons. The number of aliphatic imine (C=N–C) groups is 1. The van der Waals surface area contributed by atoms with Crippen LogP contribution in [0.25, 0.3) is 0 Å². The topological polar surface area (TPSA) is 45.4 Å². The molecule has 1 aliphatic rings. The number of benzene rings is 1. The third kappa shape index (κ3) is 5.96. The summed E-state index contributed by atoms with van der Waals surface area (Å²) in [5.41, 5.74) is 2.78. The Balaban J connectivity index is 0.00000280. The maximum absolute atomic E-state index is 4.54. The van der Waals surface area contributed by atoms with Crippen LogP contribution in [0.3, 0.4) is 0 Å². The molecule has 2 atom stereocenters. The molecule has 1 fully saturated rings. The van der Waals surface area contributed by atoms with Crippen LogP contribution in [0.15, 0.2) is 47.7 Å². The van der Waals surface area contributed by atoms with Crippen LogP contribution >= 0.6 is 24.0 Å². The Labute approximate surface area is 186 Å². The predicted molar refractivity (Wildman–Crippen MR) is 127 cm³/mol. The van der Waals surface area contributed by atoms with Gasteiger partial charge in [-0.15, -0.1) is 24.0 Å². The number of guanidine groups is 1. The van der Waals surface area contributed by atoms with E-state index in [1.165, 1.54) is 24.0 Å². The summed E-state index contributed by atoms with van der Waals surface area (Å²) in [5.74, 6) is 2.39. The lowest BCUT2D eigenvalue weighted by Gasteiger charge is -2.40. The highest BCUT2D eigenvalue weighted by Crippen LogP contribution is 2.34. The molecule has 28 heavy (non-hydrogen) atoms. The molecule has 2 unspecified atom stereocenters. The van der Waals surface area contributed by atoms with Crippen molar-refractivity contribution in [1.82, 2.24) is 20.0 Å². The molecule has 1 aromatic carbocycles. The summed E-state index contributed by atoms with van der Waals surface area (Å²) in [5, 5.41) is 7.80. The molecular weight excluding hydrogens is 461 g/mol. The Bertz CT molecular complexity index is 728. The molecular formula is C22H34IN5. The molecule has 1 aliphatic heterocycles. The first-order valence-corrected chi connectivity index (χ1v) is 10.2. The number of hydrogen-bond acceptors (Lipinski definition) is 2. The minimum Gasteiger partial charge on any atom is -0.356 e. The third-order valence-corrected chi connectivity index (χ3v) is 5.68. The van der Waals surface area contributed by atoms with Crippen molar-refractivity contribution in [1.29, 1.82) is 0 Å². The molecule has 1 saturated heterocycles. The van der Waals surface area contributed by atoms with Crippen LogP contribution in [0.1, 0.15) is 43.2 Å². The fraction of sp³-hybridized carbons (Fsp3) is 0.545. The molecule has 2 aromatic rings. The Hall–Kier alpha value is -1.57. The fourth-order valence-corrected chi connectivity index (χ4v) is 4.20. The number of aryl methyl sites for hydroxylation is 2. The van der Waals surface area contributed by atoms with Crippen molar-refractivity contribution in [3.8, 4) is 0 Å². The normalized spacial score (nSPS) is 20.0. The molecule has 0 saturated carbocycles. The van der Waals surface area contributed by atoms with Crippen molar-refractivity contribution in [2.75, 3.05) is 26.7 Å². The van der Waals surface area contributed by atoms with Crippen molar-refractivity contribution in [3.63, 3.8) is 0 Å². The Morgan fingerprint density at radius 2 is 2.07 bits per heavy atom. The Morgan fingerprint density at radius 3 is 2.71 bits per heavy atom. The number of piperidine rings is 1. The lowest BCUT2D eigenvalue weighted by atomic mass is 9.79. The first kappa shape index (κ1) is 22.7. The summed E-state index contributed by atoms with van der Waals surface area (Å²) in [4.78, 5) is 6.98. The standard InChI is InChI=1S/C22H33N5.HI/c1-4-19-17-27(14-12-21(19)20-10-6-5-7-11-20)22(23-2)24-13-8-9-18-15-25-26(3)16-18;/h5-7,10-11,15-16,19,21H,4,8-9,12-14,17H2,1-3H3,(H,23,24);1H. The van der Waals surface area contributed by atoms with Gasteiger partial charge in [0, 0.05) is 39.9 Å². The van der Waals surface area contributed by atoms with E-state index in [1.807, 2.05) is 25.0 Å². The predicted octanol–water partition coefficient (Wildman–Crippen LogP) is 4.06. The van der Waals surface area contributed by atoms with Gasteiger partial charge in [0.15, 0.2) is 5.96 Å². The quantitative estimate of drug-likeness (QED) is 0.285. The maximum Gasteiger partial charge on any atom is 0.193 e. The monoisotopic (exact) mass is 495 g/mol. The van der Waals surface area contributed by atoms with E-state index in [4.69, 9.17) is 0 Å². The second-order valence-corrected chi connectivity index (χ2v) is 7.52. The van der Waals surface area contributed by atoms with E-state index < -0.39 is 0 Å². The average Bonchev–Trinajstić information content (AvgIpc) is 3.13. The van der Waals surface area contributed by atoms with Crippen molar-refractivity contribution in [3.05, 3.63) is 53.9 Å². The highest BCUT2D eigenvalue weighted by atomic mass is 127. The maximum atomic E-state index is 4.54. The summed E-state index contributed by atoms with van der Waals surface area (Å²) in [6, 6.07) is 11.0. The van der Waals surface area contributed by atoms with Crippen LogP contribution in [0.5, 0.6) is 0 Å². The van der Waals surface area contributed by atoms with Crippen LogP contribution < -0.4 is 5.32 Å². The van der Waals surface area contributed by atoms with Crippen LogP contribution in [-0.2, 0) is 13.5 Å². The molecule has 2 heterocycles. The SMILES string of the molecule is CCC1CN(C(=NC)NCCCc2cnn(C)c2)CCC1c1ccccc1.I. The minimum absolute atomic E-state index is 0. The van der Waals surface area contributed by atoms with E-state index >= 15 is 0 Å². The van der Waals surface area contributed by atoms with E-state index in [0.717, 1.165) is 38.4 Å². The highest BCUT2D eigenvalue weighted by Gasteiger charge is 2.30. The molecule has 5 nitrogen and oxygen atoms in total. The highest BCUT2D eigenvalue weighted by molar-refractivity contribution is 14.0. The van der Waals surface area contributed by atoms with Crippen LogP contribution in [0.2, 0.25) is 0 Å². The third-order valence-electron chi connectivity index (χ3n) is 5.68. The van der Waals surface area contributed by atoms with Crippen molar-refractivity contribution in [2.24, 2.45) is 18.0 Å². The fourth-order valence-electron chi connectivity index (χ4n) is 4.20. The molecule has 0 amide bonds. The van der Waals surface area contributed by atoms with Crippen molar-refractivity contribution >= 4 is 29.9 Å². The van der Waals surface area contributed by atoms with Gasteiger partial charge < -0.3 is 10.2 Å². The van der Waals surface area contributed by atoms with Gasteiger partial charge in [-0.2, -0.15) is 5.10 Å². The number of halogens is 1. The molecule has 0 aliphatic carbocycles. The molecule has 1 aromatic heterocycles. The number of nitrogens with one attached hydrogen (secondary N) is 1. The van der Waals surface area contributed by atoms with Gasteiger partial charge in [0.25, 0.3) is 0 Å². The first-order valence-electron chi connectivity index (χ1n) is 10.2. The lowest BCUT2D eigenvalue weighted by molar-refractivity contribution is 0.215. The second kappa shape index (κ2) is 11.4. The molecule has 0 spiro atoms. The number of nitrogens with zero attached hydrogens (tertiary/aromatic N) is 4. The first-order chi connectivity index (χ1) is 13.2. The number of rotatable bonds is 6. The van der Waals surface area contributed by atoms with E-state index in [1.54, 1.807) is 0 Å². The molecule has 0 bridgehead atoms. The van der Waals surface area contributed by atoms with E-state index in [-0.39, 0.29) is 24.0 Å². The summed E-state index contributed by atoms with van der Waals surface area (Å²) in [6.07, 6.45) is 8.57. The Morgan fingerprint density at radius 1 is 1.29 bits per heavy atom. The van der Waals surface area contributed by atoms with E-state index in [0.29, 0.717) is 11.8 Å². The van der Waals surface area contributed by atoms with Crippen molar-refractivity contribution < 1.29 is 0 Å². The smallest absolute Gasteiger partial charge is 0.193 e. The van der Waals surface area contributed by atoms with E-state index in [9.17, 15) is 0 Å². The lowest BCUT2D eigenvalue weighted by Crippen LogP contribution is -2.48. The van der Waals surface area contributed by atoms with Gasteiger partial charge in [-0.25, -0.2) is 0 Å². The zero-order valence-electron chi connectivity index (χ0n) is 17.3. The summed E-state index contributed by atoms with van der Waals surface area (Å²) >= 11 is 0. The second-order valence-electron chi connectivity index (χ2n) is 7.52. The van der Waals surface area contributed by atoms with Crippen molar-refractivity contribution in [2.45, 2.75) is 38.5 Å². The van der Waals surface area contributed by atoms with Crippen LogP contribution in [0, 0.1) is 5.92 Å². The average molecular weight is 495 g/mol. The van der Waals surface area contributed by atoms with Gasteiger partial charge in [-0.05, 0) is 42.2 Å². The van der Waals surface area contributed by atoms with Gasteiger partial charge in [-0.3, -0.25) is 9.67 Å². The molecule has 1 N–H and O–H groups in total. The number of hydrogen-bond donors (Lipinski definition) is 1. The van der Waals surface area contributed by atoms with Gasteiger partial charge in [0.2, 0.25) is 0 Å². The Kier molecular flexibility index (Phi) is 9.28. The van der Waals surface area contributed by atoms with Gasteiger partial charge in [-0.1, -0.05) is 43.7 Å². The van der Waals surface area contributed by atoms with Gasteiger partial charge in [0.1, 0.15) is 0 Å².